The molecule has 0 unspecified atom stereocenters. The monoisotopic (exact) mass is 322 g/mol. The number of aryl methyl sites for hydroxylation is 2. The lowest BCUT2D eigenvalue weighted by atomic mass is 10.2. The minimum absolute atomic E-state index is 0.0816. The van der Waals surface area contributed by atoms with Gasteiger partial charge in [0.05, 0.1) is 12.7 Å². The largest absolute Gasteiger partial charge is 0.299 e. The van der Waals surface area contributed by atoms with Crippen molar-refractivity contribution in [1.82, 2.24) is 24.9 Å². The molecule has 0 bridgehead atoms. The first-order valence-electron chi connectivity index (χ1n) is 7.35. The number of nitrogens with zero attached hydrogens (tertiary/aromatic N) is 5. The molecule has 0 saturated heterocycles. The molecular formula is C14H22N6OS. The van der Waals surface area contributed by atoms with E-state index >= 15 is 0 Å². The lowest BCUT2D eigenvalue weighted by Crippen LogP contribution is -2.30. The van der Waals surface area contributed by atoms with Gasteiger partial charge in [0, 0.05) is 24.3 Å². The molecule has 0 aliphatic rings. The van der Waals surface area contributed by atoms with Crippen molar-refractivity contribution in [3.63, 3.8) is 0 Å². The van der Waals surface area contributed by atoms with E-state index in [1.165, 1.54) is 11.3 Å². The Labute approximate surface area is 134 Å². The second kappa shape index (κ2) is 7.46. The van der Waals surface area contributed by atoms with Crippen LogP contribution in [0.15, 0.2) is 6.20 Å². The Balaban J connectivity index is 1.86. The molecule has 0 spiro atoms. The van der Waals surface area contributed by atoms with E-state index in [-0.39, 0.29) is 5.91 Å². The fourth-order valence-corrected chi connectivity index (χ4v) is 2.85. The number of aromatic nitrogens is 4. The minimum Gasteiger partial charge on any atom is -0.299 e. The van der Waals surface area contributed by atoms with Crippen molar-refractivity contribution in [2.75, 3.05) is 18.9 Å². The van der Waals surface area contributed by atoms with E-state index in [1.807, 2.05) is 36.7 Å². The molecule has 0 aliphatic heterocycles. The van der Waals surface area contributed by atoms with Crippen LogP contribution >= 0.6 is 11.3 Å². The molecule has 2 heterocycles. The van der Waals surface area contributed by atoms with Gasteiger partial charge in [-0.15, -0.1) is 10.2 Å². The highest BCUT2D eigenvalue weighted by atomic mass is 32.1. The predicted molar refractivity (Wildman–Crippen MR) is 86.9 cm³/mol. The minimum atomic E-state index is -0.0816. The van der Waals surface area contributed by atoms with E-state index in [0.29, 0.717) is 18.2 Å². The van der Waals surface area contributed by atoms with E-state index in [1.54, 1.807) is 0 Å². The molecule has 120 valence electrons. The number of hydrogen-bond donors (Lipinski definition) is 1. The maximum Gasteiger partial charge on any atom is 0.240 e. The van der Waals surface area contributed by atoms with Gasteiger partial charge in [0.1, 0.15) is 5.01 Å². The molecule has 1 N–H and O–H groups in total. The van der Waals surface area contributed by atoms with Gasteiger partial charge in [-0.1, -0.05) is 18.3 Å². The maximum absolute atomic E-state index is 12.0. The second-order valence-corrected chi connectivity index (χ2v) is 6.21. The van der Waals surface area contributed by atoms with Gasteiger partial charge in [-0.05, 0) is 27.3 Å². The van der Waals surface area contributed by atoms with Crippen LogP contribution < -0.4 is 5.32 Å². The lowest BCUT2D eigenvalue weighted by molar-refractivity contribution is -0.117. The van der Waals surface area contributed by atoms with Crippen molar-refractivity contribution in [2.24, 2.45) is 0 Å². The number of likely N-dealkylation sites (N-methyl/N-ethyl adjacent to an activating group) is 1. The van der Waals surface area contributed by atoms with E-state index in [2.05, 4.69) is 27.5 Å². The normalized spacial score (nSPS) is 11.1. The van der Waals surface area contributed by atoms with Crippen LogP contribution in [0.3, 0.4) is 0 Å². The van der Waals surface area contributed by atoms with E-state index < -0.39 is 0 Å². The van der Waals surface area contributed by atoms with Gasteiger partial charge in [0.15, 0.2) is 0 Å². The molecule has 2 aromatic rings. The lowest BCUT2D eigenvalue weighted by Gasteiger charge is -2.15. The van der Waals surface area contributed by atoms with Crippen molar-refractivity contribution >= 4 is 22.4 Å². The van der Waals surface area contributed by atoms with Crippen LogP contribution in [-0.4, -0.2) is 44.4 Å². The quantitative estimate of drug-likeness (QED) is 0.839. The third-order valence-electron chi connectivity index (χ3n) is 3.37. The highest BCUT2D eigenvalue weighted by molar-refractivity contribution is 7.15. The molecule has 0 saturated carbocycles. The highest BCUT2D eigenvalue weighted by Crippen LogP contribution is 2.15. The van der Waals surface area contributed by atoms with Crippen LogP contribution in [0.5, 0.6) is 0 Å². The third kappa shape index (κ3) is 4.11. The fourth-order valence-electron chi connectivity index (χ4n) is 2.16. The molecule has 2 rings (SSSR count). The molecule has 7 nitrogen and oxygen atoms in total. The van der Waals surface area contributed by atoms with Crippen molar-refractivity contribution in [1.29, 1.82) is 0 Å². The van der Waals surface area contributed by atoms with Gasteiger partial charge in [-0.25, -0.2) is 0 Å². The summed E-state index contributed by atoms with van der Waals surface area (Å²) < 4.78 is 1.96. The number of nitrogens with one attached hydrogen (secondary N) is 1. The van der Waals surface area contributed by atoms with Gasteiger partial charge in [-0.3, -0.25) is 19.7 Å². The zero-order chi connectivity index (χ0) is 16.1. The summed E-state index contributed by atoms with van der Waals surface area (Å²) in [7, 11) is 1.92. The van der Waals surface area contributed by atoms with Crippen LogP contribution in [0.25, 0.3) is 0 Å². The summed E-state index contributed by atoms with van der Waals surface area (Å²) in [5.74, 6) is -0.0816. The molecular weight excluding hydrogens is 300 g/mol. The molecule has 22 heavy (non-hydrogen) atoms. The zero-order valence-electron chi connectivity index (χ0n) is 13.5. The third-order valence-corrected chi connectivity index (χ3v) is 4.36. The van der Waals surface area contributed by atoms with Crippen LogP contribution in [-0.2, 0) is 24.3 Å². The van der Waals surface area contributed by atoms with E-state index in [4.69, 9.17) is 0 Å². The van der Waals surface area contributed by atoms with Crippen molar-refractivity contribution in [3.8, 4) is 0 Å². The Kier molecular flexibility index (Phi) is 5.62. The van der Waals surface area contributed by atoms with E-state index in [9.17, 15) is 4.79 Å². The smallest absolute Gasteiger partial charge is 0.240 e. The number of carbonyl (C=O) groups is 1. The number of anilines is 1. The van der Waals surface area contributed by atoms with Crippen LogP contribution in [0.1, 0.15) is 30.1 Å². The summed E-state index contributed by atoms with van der Waals surface area (Å²) in [4.78, 5) is 14.0. The van der Waals surface area contributed by atoms with Crippen LogP contribution in [0, 0.1) is 6.92 Å². The summed E-state index contributed by atoms with van der Waals surface area (Å²) in [6, 6.07) is 0. The van der Waals surface area contributed by atoms with Crippen molar-refractivity contribution in [3.05, 3.63) is 22.5 Å². The average molecular weight is 322 g/mol. The number of rotatable bonds is 7. The predicted octanol–water partition coefficient (Wildman–Crippen LogP) is 1.70. The second-order valence-electron chi connectivity index (χ2n) is 5.15. The number of amides is 1. The van der Waals surface area contributed by atoms with E-state index in [0.717, 1.165) is 29.2 Å². The Hall–Kier alpha value is -1.80. The highest BCUT2D eigenvalue weighted by Gasteiger charge is 2.12. The molecule has 1 amide bonds. The summed E-state index contributed by atoms with van der Waals surface area (Å²) in [6.07, 6.45) is 2.69. The summed E-state index contributed by atoms with van der Waals surface area (Å²) >= 11 is 1.42. The molecule has 8 heteroatoms. The first-order valence-corrected chi connectivity index (χ1v) is 8.17. The van der Waals surface area contributed by atoms with Gasteiger partial charge >= 0.3 is 0 Å². The maximum atomic E-state index is 12.0. The molecule has 2 aromatic heterocycles. The average Bonchev–Trinajstić information content (AvgIpc) is 3.06. The first-order chi connectivity index (χ1) is 10.5. The van der Waals surface area contributed by atoms with Crippen molar-refractivity contribution < 1.29 is 4.79 Å². The van der Waals surface area contributed by atoms with Gasteiger partial charge < -0.3 is 0 Å². The summed E-state index contributed by atoms with van der Waals surface area (Å²) in [5.41, 5.74) is 2.29. The molecule has 0 aliphatic carbocycles. The van der Waals surface area contributed by atoms with Crippen LogP contribution in [0.4, 0.5) is 5.13 Å². The molecule has 0 atom stereocenters. The van der Waals surface area contributed by atoms with Crippen LogP contribution in [0.2, 0.25) is 0 Å². The fraction of sp³-hybridized carbons (Fsp3) is 0.571. The zero-order valence-corrected chi connectivity index (χ0v) is 14.3. The Morgan fingerprint density at radius 3 is 2.77 bits per heavy atom. The number of carbonyl (C=O) groups excluding carboxylic acids is 1. The Morgan fingerprint density at radius 2 is 2.18 bits per heavy atom. The topological polar surface area (TPSA) is 75.9 Å². The standard InChI is InChI=1S/C14H22N6OS/c1-5-13-17-18-14(22-13)16-12(21)9-19(4)8-11-7-15-20(6-2)10(11)3/h7H,5-6,8-9H2,1-4H3,(H,16,18,21). The van der Waals surface area contributed by atoms with Gasteiger partial charge in [0.25, 0.3) is 0 Å². The van der Waals surface area contributed by atoms with Gasteiger partial charge in [0.2, 0.25) is 11.0 Å². The Bertz CT molecular complexity index is 635. The van der Waals surface area contributed by atoms with Crippen molar-refractivity contribution in [2.45, 2.75) is 40.3 Å². The number of hydrogen-bond acceptors (Lipinski definition) is 6. The summed E-state index contributed by atoms with van der Waals surface area (Å²) in [6.45, 7) is 7.97. The first kappa shape index (κ1) is 16.6. The molecule has 0 aromatic carbocycles. The Morgan fingerprint density at radius 1 is 1.41 bits per heavy atom. The van der Waals surface area contributed by atoms with Gasteiger partial charge in [-0.2, -0.15) is 5.10 Å². The molecule has 0 radical (unpaired) electrons. The summed E-state index contributed by atoms with van der Waals surface area (Å²) in [5, 5.41) is 16.5. The SMILES string of the molecule is CCc1nnc(NC(=O)CN(C)Cc2cnn(CC)c2C)s1. The molecule has 0 fully saturated rings.